The highest BCUT2D eigenvalue weighted by Gasteiger charge is 2.43. The molecule has 0 radical (unpaired) electrons. The molecule has 0 aromatic heterocycles. The predicted octanol–water partition coefficient (Wildman–Crippen LogP) is 4.59. The summed E-state index contributed by atoms with van der Waals surface area (Å²) in [6, 6.07) is 4.26. The number of nitrogens with one attached hydrogen (secondary N) is 1. The number of halogens is 7. The van der Waals surface area contributed by atoms with Crippen LogP contribution in [0.4, 0.5) is 36.4 Å². The SMILES string of the molecule is O=C(Nc1ccc(F)cc1F)C(F)(F)Oc1cccc(C(F)(F)F)c1. The molecule has 1 amide bonds. The van der Waals surface area contributed by atoms with Gasteiger partial charge in [0.15, 0.2) is 0 Å². The van der Waals surface area contributed by atoms with Gasteiger partial charge in [-0.2, -0.15) is 22.0 Å². The summed E-state index contributed by atoms with van der Waals surface area (Å²) in [6.45, 7) is 0. The summed E-state index contributed by atoms with van der Waals surface area (Å²) in [7, 11) is 0. The summed E-state index contributed by atoms with van der Waals surface area (Å²) in [5.74, 6) is -5.38. The Morgan fingerprint density at radius 3 is 2.24 bits per heavy atom. The van der Waals surface area contributed by atoms with E-state index in [9.17, 15) is 35.5 Å². The molecule has 0 aliphatic rings. The Morgan fingerprint density at radius 2 is 1.64 bits per heavy atom. The van der Waals surface area contributed by atoms with Gasteiger partial charge >= 0.3 is 18.2 Å². The standard InChI is InChI=1S/C15H8F7NO2/c16-9-4-5-12(11(17)7-9)23-13(24)15(21,22)25-10-3-1-2-8(6-10)14(18,19)20/h1-7H,(H,23,24). The van der Waals surface area contributed by atoms with Gasteiger partial charge in [0, 0.05) is 6.07 Å². The van der Waals surface area contributed by atoms with Gasteiger partial charge in [0.2, 0.25) is 0 Å². The summed E-state index contributed by atoms with van der Waals surface area (Å²) < 4.78 is 95.1. The topological polar surface area (TPSA) is 38.3 Å². The molecule has 0 spiro atoms. The lowest BCUT2D eigenvalue weighted by atomic mass is 10.2. The van der Waals surface area contributed by atoms with E-state index in [-0.39, 0.29) is 6.07 Å². The van der Waals surface area contributed by atoms with Crippen LogP contribution in [0.5, 0.6) is 5.75 Å². The Kier molecular flexibility index (Phi) is 4.91. The zero-order chi connectivity index (χ0) is 18.8. The molecule has 0 heterocycles. The van der Waals surface area contributed by atoms with Gasteiger partial charge in [-0.15, -0.1) is 0 Å². The van der Waals surface area contributed by atoms with E-state index in [0.29, 0.717) is 24.3 Å². The van der Waals surface area contributed by atoms with Crippen molar-refractivity contribution in [2.45, 2.75) is 12.3 Å². The monoisotopic (exact) mass is 367 g/mol. The molecule has 2 aromatic carbocycles. The highest BCUT2D eigenvalue weighted by Crippen LogP contribution is 2.33. The van der Waals surface area contributed by atoms with Crippen molar-refractivity contribution >= 4 is 11.6 Å². The van der Waals surface area contributed by atoms with Gasteiger partial charge in [0.25, 0.3) is 0 Å². The third-order valence-electron chi connectivity index (χ3n) is 2.85. The minimum absolute atomic E-state index is 0.277. The van der Waals surface area contributed by atoms with E-state index >= 15 is 0 Å². The molecular formula is C15H8F7NO2. The average Bonchev–Trinajstić information content (AvgIpc) is 2.49. The van der Waals surface area contributed by atoms with Crippen molar-refractivity contribution in [2.75, 3.05) is 5.32 Å². The van der Waals surface area contributed by atoms with E-state index in [1.807, 2.05) is 0 Å². The number of alkyl halides is 5. The van der Waals surface area contributed by atoms with Crippen LogP contribution in [0.15, 0.2) is 42.5 Å². The number of benzene rings is 2. The second kappa shape index (κ2) is 6.61. The molecule has 3 nitrogen and oxygen atoms in total. The Labute approximate surface area is 136 Å². The number of hydrogen-bond donors (Lipinski definition) is 1. The molecule has 0 bridgehead atoms. The van der Waals surface area contributed by atoms with Crippen LogP contribution < -0.4 is 10.1 Å². The van der Waals surface area contributed by atoms with Crippen molar-refractivity contribution in [3.05, 3.63) is 59.7 Å². The minimum Gasteiger partial charge on any atom is -0.425 e. The van der Waals surface area contributed by atoms with Gasteiger partial charge in [-0.05, 0) is 30.3 Å². The fraction of sp³-hybridized carbons (Fsp3) is 0.133. The Bertz CT molecular complexity index is 790. The zero-order valence-electron chi connectivity index (χ0n) is 12.0. The molecule has 2 aromatic rings. The second-order valence-electron chi connectivity index (χ2n) is 4.72. The Balaban J connectivity index is 2.16. The van der Waals surface area contributed by atoms with E-state index in [1.54, 1.807) is 0 Å². The first-order valence-corrected chi connectivity index (χ1v) is 6.49. The van der Waals surface area contributed by atoms with Gasteiger partial charge in [0.1, 0.15) is 17.4 Å². The maximum Gasteiger partial charge on any atom is 0.482 e. The molecule has 1 N–H and O–H groups in total. The van der Waals surface area contributed by atoms with E-state index in [1.165, 1.54) is 5.32 Å². The van der Waals surface area contributed by atoms with Crippen LogP contribution in [-0.2, 0) is 11.0 Å². The first-order chi connectivity index (χ1) is 11.5. The molecule has 2 rings (SSSR count). The van der Waals surface area contributed by atoms with Gasteiger partial charge in [-0.1, -0.05) is 6.07 Å². The van der Waals surface area contributed by atoms with E-state index in [4.69, 9.17) is 0 Å². The molecule has 25 heavy (non-hydrogen) atoms. The van der Waals surface area contributed by atoms with Crippen LogP contribution in [0.1, 0.15) is 5.56 Å². The van der Waals surface area contributed by atoms with Crippen molar-refractivity contribution in [2.24, 2.45) is 0 Å². The second-order valence-corrected chi connectivity index (χ2v) is 4.72. The minimum atomic E-state index is -4.80. The summed E-state index contributed by atoms with van der Waals surface area (Å²) >= 11 is 0. The molecule has 134 valence electrons. The highest BCUT2D eigenvalue weighted by atomic mass is 19.4. The lowest BCUT2D eigenvalue weighted by Crippen LogP contribution is -2.40. The highest BCUT2D eigenvalue weighted by molar-refractivity contribution is 5.95. The quantitative estimate of drug-likeness (QED) is 0.803. The smallest absolute Gasteiger partial charge is 0.425 e. The summed E-state index contributed by atoms with van der Waals surface area (Å²) in [5, 5.41) is 1.46. The van der Waals surface area contributed by atoms with Crippen molar-refractivity contribution in [1.29, 1.82) is 0 Å². The van der Waals surface area contributed by atoms with E-state index < -0.39 is 46.8 Å². The molecule has 0 atom stereocenters. The van der Waals surface area contributed by atoms with Crippen LogP contribution in [0.3, 0.4) is 0 Å². The first-order valence-electron chi connectivity index (χ1n) is 6.49. The zero-order valence-corrected chi connectivity index (χ0v) is 12.0. The van der Waals surface area contributed by atoms with Crippen LogP contribution in [0.25, 0.3) is 0 Å². The fourth-order valence-electron chi connectivity index (χ4n) is 1.72. The molecule has 0 fully saturated rings. The average molecular weight is 367 g/mol. The molecule has 0 aliphatic carbocycles. The number of amides is 1. The number of rotatable bonds is 4. The van der Waals surface area contributed by atoms with Gasteiger partial charge in [-0.3, -0.25) is 4.79 Å². The van der Waals surface area contributed by atoms with Crippen molar-refractivity contribution in [3.63, 3.8) is 0 Å². The fourth-order valence-corrected chi connectivity index (χ4v) is 1.72. The van der Waals surface area contributed by atoms with Crippen molar-refractivity contribution in [3.8, 4) is 5.75 Å². The summed E-state index contributed by atoms with van der Waals surface area (Å²) in [4.78, 5) is 11.5. The maximum absolute atomic E-state index is 13.7. The Morgan fingerprint density at radius 1 is 0.960 bits per heavy atom. The number of anilines is 1. The summed E-state index contributed by atoms with van der Waals surface area (Å²) in [6.07, 6.45) is -9.40. The van der Waals surface area contributed by atoms with Crippen LogP contribution in [-0.4, -0.2) is 12.0 Å². The van der Waals surface area contributed by atoms with Crippen molar-refractivity contribution < 1.29 is 40.3 Å². The van der Waals surface area contributed by atoms with Gasteiger partial charge in [-0.25, -0.2) is 8.78 Å². The Hall–Kier alpha value is -2.78. The number of hydrogen-bond acceptors (Lipinski definition) is 2. The lowest BCUT2D eigenvalue weighted by molar-refractivity contribution is -0.187. The molecule has 10 heteroatoms. The molecule has 0 unspecified atom stereocenters. The van der Waals surface area contributed by atoms with Crippen LogP contribution in [0, 0.1) is 11.6 Å². The van der Waals surface area contributed by atoms with Crippen LogP contribution in [0.2, 0.25) is 0 Å². The third kappa shape index (κ3) is 4.61. The van der Waals surface area contributed by atoms with Crippen molar-refractivity contribution in [1.82, 2.24) is 0 Å². The van der Waals surface area contributed by atoms with Gasteiger partial charge < -0.3 is 10.1 Å². The normalized spacial score (nSPS) is 12.0. The number of ether oxygens (including phenoxy) is 1. The predicted molar refractivity (Wildman–Crippen MR) is 72.0 cm³/mol. The first kappa shape index (κ1) is 18.6. The molecular weight excluding hydrogens is 359 g/mol. The molecule has 0 saturated heterocycles. The third-order valence-corrected chi connectivity index (χ3v) is 2.85. The maximum atomic E-state index is 13.7. The van der Waals surface area contributed by atoms with E-state index in [0.717, 1.165) is 12.1 Å². The number of carbonyl (C=O) groups is 1. The molecule has 0 aliphatic heterocycles. The molecule has 0 saturated carbocycles. The van der Waals surface area contributed by atoms with Crippen LogP contribution >= 0.6 is 0 Å². The largest absolute Gasteiger partial charge is 0.482 e. The van der Waals surface area contributed by atoms with Gasteiger partial charge in [0.05, 0.1) is 11.3 Å². The number of carbonyl (C=O) groups excluding carboxylic acids is 1. The summed E-state index contributed by atoms with van der Waals surface area (Å²) in [5.41, 5.74) is -2.01. The van der Waals surface area contributed by atoms with E-state index in [2.05, 4.69) is 4.74 Å². The lowest BCUT2D eigenvalue weighted by Gasteiger charge is -2.18.